The van der Waals surface area contributed by atoms with E-state index in [1.165, 1.54) is 32.1 Å². The van der Waals surface area contributed by atoms with Crippen LogP contribution >= 0.6 is 0 Å². The molecule has 0 saturated heterocycles. The van der Waals surface area contributed by atoms with E-state index < -0.39 is 0 Å². The van der Waals surface area contributed by atoms with Gasteiger partial charge in [-0.1, -0.05) is 60.1 Å². The lowest BCUT2D eigenvalue weighted by molar-refractivity contribution is -0.0905. The maximum absolute atomic E-state index is 10.8. The van der Waals surface area contributed by atoms with Crippen molar-refractivity contribution < 1.29 is 10.2 Å². The number of hydrogen-bond donors (Lipinski definition) is 2. The van der Waals surface area contributed by atoms with Crippen LogP contribution < -0.4 is 0 Å². The Morgan fingerprint density at radius 2 is 1.68 bits per heavy atom. The van der Waals surface area contributed by atoms with Gasteiger partial charge in [-0.25, -0.2) is 0 Å². The third kappa shape index (κ3) is 3.59. The molecule has 176 valence electrons. The van der Waals surface area contributed by atoms with E-state index in [1.54, 1.807) is 16.7 Å². The molecule has 2 heteroatoms. The van der Waals surface area contributed by atoms with Crippen LogP contribution in [0.15, 0.2) is 22.8 Å². The van der Waals surface area contributed by atoms with Gasteiger partial charge >= 0.3 is 0 Å². The van der Waals surface area contributed by atoms with Gasteiger partial charge in [-0.2, -0.15) is 0 Å². The van der Waals surface area contributed by atoms with Gasteiger partial charge in [0.05, 0.1) is 12.2 Å². The molecule has 0 heterocycles. The smallest absolute Gasteiger partial charge is 0.0594 e. The second-order valence-corrected chi connectivity index (χ2v) is 13.1. The lowest BCUT2D eigenvalue weighted by Crippen LogP contribution is -2.53. The molecular formula is C29H48O2. The Balaban J connectivity index is 1.57. The molecule has 0 unspecified atom stereocenters. The largest absolute Gasteiger partial charge is 0.393 e. The molecule has 1 saturated carbocycles. The van der Waals surface area contributed by atoms with E-state index in [-0.39, 0.29) is 23.0 Å². The molecule has 4 aliphatic carbocycles. The van der Waals surface area contributed by atoms with Gasteiger partial charge < -0.3 is 10.2 Å². The van der Waals surface area contributed by atoms with Gasteiger partial charge in [-0.15, -0.1) is 0 Å². The fraction of sp³-hybridized carbons (Fsp3) is 0.862. The fourth-order valence-corrected chi connectivity index (χ4v) is 8.54. The highest BCUT2D eigenvalue weighted by Gasteiger charge is 2.57. The summed E-state index contributed by atoms with van der Waals surface area (Å²) in [5.74, 6) is 2.33. The van der Waals surface area contributed by atoms with Gasteiger partial charge in [0.15, 0.2) is 0 Å². The zero-order chi connectivity index (χ0) is 22.8. The molecule has 0 bridgehead atoms. The predicted octanol–water partition coefficient (Wildman–Crippen LogP) is 7.06. The molecule has 0 spiro atoms. The Hall–Kier alpha value is -0.600. The zero-order valence-electron chi connectivity index (χ0n) is 21.3. The lowest BCUT2D eigenvalue weighted by atomic mass is 9.46. The first-order valence-corrected chi connectivity index (χ1v) is 13.2. The van der Waals surface area contributed by atoms with E-state index in [0.29, 0.717) is 29.1 Å². The number of fused-ring (bicyclic) bond motifs is 4. The van der Waals surface area contributed by atoms with E-state index in [9.17, 15) is 10.2 Å². The van der Waals surface area contributed by atoms with Crippen molar-refractivity contribution in [3.05, 3.63) is 22.8 Å². The van der Waals surface area contributed by atoms with Crippen molar-refractivity contribution in [1.29, 1.82) is 0 Å². The minimum absolute atomic E-state index is 0.0185. The fourth-order valence-electron chi connectivity index (χ4n) is 8.54. The van der Waals surface area contributed by atoms with Crippen molar-refractivity contribution >= 4 is 0 Å². The second-order valence-electron chi connectivity index (χ2n) is 13.1. The average Bonchev–Trinajstić information content (AvgIpc) is 3.06. The Kier molecular flexibility index (Phi) is 6.09. The molecule has 1 fully saturated rings. The number of allylic oxidation sites excluding steroid dienone is 4. The van der Waals surface area contributed by atoms with Crippen LogP contribution in [0.25, 0.3) is 0 Å². The van der Waals surface area contributed by atoms with E-state index in [4.69, 9.17) is 0 Å². The maximum Gasteiger partial charge on any atom is 0.0594 e. The lowest BCUT2D eigenvalue weighted by Gasteiger charge is -2.59. The Bertz CT molecular complexity index is 759. The summed E-state index contributed by atoms with van der Waals surface area (Å²) in [6, 6.07) is 0. The number of hydrogen-bond acceptors (Lipinski definition) is 2. The van der Waals surface area contributed by atoms with Crippen molar-refractivity contribution in [2.24, 2.45) is 39.9 Å². The van der Waals surface area contributed by atoms with Crippen molar-refractivity contribution in [1.82, 2.24) is 0 Å². The normalized spacial score (nSPS) is 41.4. The minimum atomic E-state index is -0.162. The highest BCUT2D eigenvalue weighted by Crippen LogP contribution is 2.66. The van der Waals surface area contributed by atoms with Crippen molar-refractivity contribution in [2.75, 3.05) is 0 Å². The summed E-state index contributed by atoms with van der Waals surface area (Å²) in [6.45, 7) is 16.4. The summed E-state index contributed by atoms with van der Waals surface area (Å²) in [4.78, 5) is 0. The Morgan fingerprint density at radius 3 is 2.35 bits per heavy atom. The monoisotopic (exact) mass is 428 g/mol. The Morgan fingerprint density at radius 1 is 0.968 bits per heavy atom. The summed E-state index contributed by atoms with van der Waals surface area (Å²) in [6.07, 6.45) is 12.7. The SMILES string of the molecule is CC(C)[C@H](O)CC[C@H](C)[C@H]1CC=C2C3=C(CC[C@@]21C)[C@@]1(C)CC[C@H](O)C(C)(C)[C@@H]1CC3. The zero-order valence-corrected chi connectivity index (χ0v) is 21.3. The highest BCUT2D eigenvalue weighted by molar-refractivity contribution is 5.49. The van der Waals surface area contributed by atoms with Crippen LogP contribution in [-0.4, -0.2) is 22.4 Å². The molecule has 4 rings (SSSR count). The molecule has 0 aromatic heterocycles. The predicted molar refractivity (Wildman–Crippen MR) is 130 cm³/mol. The van der Waals surface area contributed by atoms with Crippen LogP contribution in [0, 0.1) is 39.9 Å². The van der Waals surface area contributed by atoms with Gasteiger partial charge in [-0.3, -0.25) is 0 Å². The van der Waals surface area contributed by atoms with Crippen LogP contribution in [0.4, 0.5) is 0 Å². The maximum atomic E-state index is 10.8. The van der Waals surface area contributed by atoms with Crippen LogP contribution in [0.5, 0.6) is 0 Å². The standard InChI is InChI=1S/C29H48O2/c1-18(2)24(30)12-8-19(3)21-10-11-22-20-9-13-25-27(4,5)26(31)15-17-29(25,7)23(20)14-16-28(21,22)6/h11,18-19,21,24-26,30-31H,8-10,12-17H2,1-7H3/t19-,21+,24+,25-,26-,28+,29+/m0/s1. The van der Waals surface area contributed by atoms with Crippen molar-refractivity contribution in [3.8, 4) is 0 Å². The van der Waals surface area contributed by atoms with E-state index in [2.05, 4.69) is 54.5 Å². The van der Waals surface area contributed by atoms with E-state index in [1.807, 2.05) is 0 Å². The molecule has 0 amide bonds. The van der Waals surface area contributed by atoms with Crippen molar-refractivity contribution in [2.45, 2.75) is 118 Å². The molecule has 0 aliphatic heterocycles. The molecule has 0 radical (unpaired) electrons. The van der Waals surface area contributed by atoms with Gasteiger partial charge in [0.2, 0.25) is 0 Å². The molecule has 0 aromatic rings. The molecule has 2 nitrogen and oxygen atoms in total. The number of aliphatic hydroxyl groups is 2. The minimum Gasteiger partial charge on any atom is -0.393 e. The summed E-state index contributed by atoms with van der Waals surface area (Å²) >= 11 is 0. The quantitative estimate of drug-likeness (QED) is 0.492. The van der Waals surface area contributed by atoms with Crippen LogP contribution in [0.1, 0.15) is 106 Å². The first-order valence-electron chi connectivity index (χ1n) is 13.2. The molecule has 7 atom stereocenters. The van der Waals surface area contributed by atoms with Crippen molar-refractivity contribution in [3.63, 3.8) is 0 Å². The van der Waals surface area contributed by atoms with Gasteiger partial charge in [0.1, 0.15) is 0 Å². The third-order valence-corrected chi connectivity index (χ3v) is 10.8. The van der Waals surface area contributed by atoms with Gasteiger partial charge in [-0.05, 0) is 109 Å². The Labute approximate surface area is 191 Å². The first-order chi connectivity index (χ1) is 14.4. The topological polar surface area (TPSA) is 40.5 Å². The second kappa shape index (κ2) is 8.01. The van der Waals surface area contributed by atoms with E-state index >= 15 is 0 Å². The van der Waals surface area contributed by atoms with Gasteiger partial charge in [0.25, 0.3) is 0 Å². The molecule has 2 N–H and O–H groups in total. The van der Waals surface area contributed by atoms with Gasteiger partial charge in [0, 0.05) is 0 Å². The molecular weight excluding hydrogens is 380 g/mol. The summed E-state index contributed by atoms with van der Waals surface area (Å²) < 4.78 is 0. The highest BCUT2D eigenvalue weighted by atomic mass is 16.3. The van der Waals surface area contributed by atoms with Crippen LogP contribution in [0.2, 0.25) is 0 Å². The molecule has 4 aliphatic rings. The average molecular weight is 429 g/mol. The molecule has 31 heavy (non-hydrogen) atoms. The molecule has 0 aromatic carbocycles. The third-order valence-electron chi connectivity index (χ3n) is 10.8. The van der Waals surface area contributed by atoms with Crippen LogP contribution in [0.3, 0.4) is 0 Å². The van der Waals surface area contributed by atoms with Crippen LogP contribution in [-0.2, 0) is 0 Å². The first kappa shape index (κ1) is 23.6. The van der Waals surface area contributed by atoms with E-state index in [0.717, 1.165) is 25.7 Å². The summed E-state index contributed by atoms with van der Waals surface area (Å²) in [5.41, 5.74) is 5.77. The number of aliphatic hydroxyl groups excluding tert-OH is 2. The summed E-state index contributed by atoms with van der Waals surface area (Å²) in [7, 11) is 0. The summed E-state index contributed by atoms with van der Waals surface area (Å²) in [5, 5.41) is 21.1. The number of rotatable bonds is 5.